The molecule has 1 fully saturated rings. The number of aryl methyl sites for hydroxylation is 3. The highest BCUT2D eigenvalue weighted by atomic mass is 16.5. The molecule has 2 aromatic rings. The van der Waals surface area contributed by atoms with E-state index in [0.29, 0.717) is 12.3 Å². The number of ether oxygens (including phenoxy) is 1. The Balaban J connectivity index is 1.73. The van der Waals surface area contributed by atoms with E-state index < -0.39 is 6.04 Å². The largest absolute Gasteiger partial charge is 0.483 e. The van der Waals surface area contributed by atoms with Gasteiger partial charge in [-0.3, -0.25) is 9.59 Å². The summed E-state index contributed by atoms with van der Waals surface area (Å²) in [5.41, 5.74) is 4.19. The number of hydrogen-bond donors (Lipinski definition) is 1. The van der Waals surface area contributed by atoms with Gasteiger partial charge in [0.2, 0.25) is 5.91 Å². The van der Waals surface area contributed by atoms with Crippen LogP contribution in [-0.4, -0.2) is 35.4 Å². The number of benzene rings is 2. The Bertz CT molecular complexity index is 919. The van der Waals surface area contributed by atoms with Gasteiger partial charge in [-0.05, 0) is 63.3 Å². The Kier molecular flexibility index (Phi) is 7.72. The van der Waals surface area contributed by atoms with Gasteiger partial charge in [0, 0.05) is 12.6 Å². The molecule has 0 heterocycles. The van der Waals surface area contributed by atoms with Crippen molar-refractivity contribution in [2.45, 2.75) is 72.0 Å². The monoisotopic (exact) mass is 422 g/mol. The van der Waals surface area contributed by atoms with Gasteiger partial charge in [-0.2, -0.15) is 0 Å². The molecule has 0 radical (unpaired) electrons. The number of amides is 2. The van der Waals surface area contributed by atoms with Crippen LogP contribution in [0, 0.1) is 20.8 Å². The van der Waals surface area contributed by atoms with Gasteiger partial charge in [0.05, 0.1) is 0 Å². The van der Waals surface area contributed by atoms with E-state index in [1.807, 2.05) is 63.2 Å². The molecule has 2 amide bonds. The van der Waals surface area contributed by atoms with Crippen LogP contribution in [0.3, 0.4) is 0 Å². The van der Waals surface area contributed by atoms with Gasteiger partial charge < -0.3 is 15.0 Å². The van der Waals surface area contributed by atoms with Crippen molar-refractivity contribution in [3.8, 4) is 5.75 Å². The smallest absolute Gasteiger partial charge is 0.261 e. The number of rotatable bonds is 8. The minimum absolute atomic E-state index is 0.0976. The van der Waals surface area contributed by atoms with E-state index in [0.717, 1.165) is 47.9 Å². The van der Waals surface area contributed by atoms with Crippen molar-refractivity contribution in [1.29, 1.82) is 0 Å². The summed E-state index contributed by atoms with van der Waals surface area (Å²) in [7, 11) is 0. The zero-order chi connectivity index (χ0) is 22.4. The lowest BCUT2D eigenvalue weighted by atomic mass is 10.1. The lowest BCUT2D eigenvalue weighted by molar-refractivity contribution is -0.142. The van der Waals surface area contributed by atoms with Crippen LogP contribution >= 0.6 is 0 Å². The quantitative estimate of drug-likeness (QED) is 0.683. The van der Waals surface area contributed by atoms with Gasteiger partial charge in [-0.25, -0.2) is 0 Å². The maximum Gasteiger partial charge on any atom is 0.261 e. The zero-order valence-corrected chi connectivity index (χ0v) is 19.1. The summed E-state index contributed by atoms with van der Waals surface area (Å²) >= 11 is 0. The molecule has 0 aromatic heterocycles. The van der Waals surface area contributed by atoms with Crippen molar-refractivity contribution in [3.63, 3.8) is 0 Å². The minimum Gasteiger partial charge on any atom is -0.483 e. The number of hydrogen-bond acceptors (Lipinski definition) is 3. The normalized spacial score (nSPS) is 14.8. The molecule has 1 saturated carbocycles. The molecule has 2 aromatic carbocycles. The number of nitrogens with one attached hydrogen (secondary N) is 1. The molecule has 166 valence electrons. The average molecular weight is 423 g/mol. The van der Waals surface area contributed by atoms with Gasteiger partial charge in [0.15, 0.2) is 6.61 Å². The maximum atomic E-state index is 13.2. The van der Waals surface area contributed by atoms with Crippen LogP contribution in [0.15, 0.2) is 42.5 Å². The lowest BCUT2D eigenvalue weighted by Crippen LogP contribution is -2.50. The highest BCUT2D eigenvalue weighted by molar-refractivity contribution is 5.88. The van der Waals surface area contributed by atoms with E-state index in [2.05, 4.69) is 5.32 Å². The predicted octanol–water partition coefficient (Wildman–Crippen LogP) is 4.47. The molecule has 0 spiro atoms. The Morgan fingerprint density at radius 3 is 2.48 bits per heavy atom. The summed E-state index contributed by atoms with van der Waals surface area (Å²) in [5.74, 6) is 0.406. The second-order valence-electron chi connectivity index (χ2n) is 8.73. The summed E-state index contributed by atoms with van der Waals surface area (Å²) in [6.45, 7) is 8.05. The Labute approximate surface area is 185 Å². The van der Waals surface area contributed by atoms with Gasteiger partial charge in [0.25, 0.3) is 5.91 Å². The third kappa shape index (κ3) is 6.33. The van der Waals surface area contributed by atoms with E-state index in [1.54, 1.807) is 11.8 Å². The first-order valence-corrected chi connectivity index (χ1v) is 11.2. The lowest BCUT2D eigenvalue weighted by Gasteiger charge is -2.30. The number of carbonyl (C=O) groups is 2. The molecule has 0 saturated heterocycles. The Morgan fingerprint density at radius 2 is 1.77 bits per heavy atom. The maximum absolute atomic E-state index is 13.2. The summed E-state index contributed by atoms with van der Waals surface area (Å²) in [4.78, 5) is 27.8. The second-order valence-corrected chi connectivity index (χ2v) is 8.73. The van der Waals surface area contributed by atoms with Crippen molar-refractivity contribution >= 4 is 11.8 Å². The summed E-state index contributed by atoms with van der Waals surface area (Å²) < 4.78 is 5.86. The SMILES string of the molecule is Cc1cccc(CN(C(=O)COc2cc(C)ccc2C)C(C)C(=O)NC2CCCC2)c1. The van der Waals surface area contributed by atoms with Crippen LogP contribution in [0.4, 0.5) is 0 Å². The molecule has 5 nitrogen and oxygen atoms in total. The molecule has 0 bridgehead atoms. The molecule has 3 rings (SSSR count). The molecule has 1 atom stereocenters. The fourth-order valence-corrected chi connectivity index (χ4v) is 4.07. The first kappa shape index (κ1) is 22.9. The third-order valence-corrected chi connectivity index (χ3v) is 6.00. The van der Waals surface area contributed by atoms with E-state index in [4.69, 9.17) is 4.74 Å². The van der Waals surface area contributed by atoms with Crippen LogP contribution in [0.2, 0.25) is 0 Å². The van der Waals surface area contributed by atoms with Crippen LogP contribution in [0.1, 0.15) is 54.9 Å². The van der Waals surface area contributed by atoms with E-state index in [1.165, 1.54) is 0 Å². The average Bonchev–Trinajstić information content (AvgIpc) is 3.25. The molecule has 1 aliphatic rings. The molecule has 0 aliphatic heterocycles. The molecular formula is C26H34N2O3. The zero-order valence-electron chi connectivity index (χ0n) is 19.1. The molecule has 1 unspecified atom stereocenters. The Hall–Kier alpha value is -2.82. The van der Waals surface area contributed by atoms with Crippen molar-refractivity contribution in [3.05, 3.63) is 64.7 Å². The topological polar surface area (TPSA) is 58.6 Å². The highest BCUT2D eigenvalue weighted by Crippen LogP contribution is 2.21. The summed E-state index contributed by atoms with van der Waals surface area (Å²) in [6, 6.07) is 13.6. The second kappa shape index (κ2) is 10.5. The highest BCUT2D eigenvalue weighted by Gasteiger charge is 2.28. The minimum atomic E-state index is -0.573. The molecule has 1 N–H and O–H groups in total. The van der Waals surface area contributed by atoms with E-state index >= 15 is 0 Å². The Morgan fingerprint density at radius 1 is 1.06 bits per heavy atom. The van der Waals surface area contributed by atoms with Crippen LogP contribution < -0.4 is 10.1 Å². The van der Waals surface area contributed by atoms with Crippen molar-refractivity contribution in [2.75, 3.05) is 6.61 Å². The molecule has 1 aliphatic carbocycles. The fraction of sp³-hybridized carbons (Fsp3) is 0.462. The first-order chi connectivity index (χ1) is 14.8. The summed E-state index contributed by atoms with van der Waals surface area (Å²) in [5, 5.41) is 3.13. The van der Waals surface area contributed by atoms with Gasteiger partial charge in [-0.1, -0.05) is 54.8 Å². The van der Waals surface area contributed by atoms with Crippen molar-refractivity contribution in [2.24, 2.45) is 0 Å². The van der Waals surface area contributed by atoms with E-state index in [-0.39, 0.29) is 24.5 Å². The fourth-order valence-electron chi connectivity index (χ4n) is 4.07. The molecular weight excluding hydrogens is 388 g/mol. The van der Waals surface area contributed by atoms with Crippen LogP contribution in [-0.2, 0) is 16.1 Å². The van der Waals surface area contributed by atoms with E-state index in [9.17, 15) is 9.59 Å². The number of nitrogens with zero attached hydrogens (tertiary/aromatic N) is 1. The van der Waals surface area contributed by atoms with Gasteiger partial charge >= 0.3 is 0 Å². The predicted molar refractivity (Wildman–Crippen MR) is 123 cm³/mol. The van der Waals surface area contributed by atoms with Crippen molar-refractivity contribution < 1.29 is 14.3 Å². The standard InChI is InChI=1S/C26H34N2O3/c1-18-8-7-9-22(14-18)16-28(21(4)26(30)27-23-10-5-6-11-23)25(29)17-31-24-15-19(2)12-13-20(24)3/h7-9,12-15,21,23H,5-6,10-11,16-17H2,1-4H3,(H,27,30). The van der Waals surface area contributed by atoms with Crippen LogP contribution in [0.25, 0.3) is 0 Å². The van der Waals surface area contributed by atoms with Gasteiger partial charge in [-0.15, -0.1) is 0 Å². The summed E-state index contributed by atoms with van der Waals surface area (Å²) in [6.07, 6.45) is 4.32. The van der Waals surface area contributed by atoms with Crippen molar-refractivity contribution in [1.82, 2.24) is 10.2 Å². The molecule has 31 heavy (non-hydrogen) atoms. The number of carbonyl (C=O) groups excluding carboxylic acids is 2. The molecule has 5 heteroatoms. The first-order valence-electron chi connectivity index (χ1n) is 11.2. The third-order valence-electron chi connectivity index (χ3n) is 6.00. The van der Waals surface area contributed by atoms with Crippen LogP contribution in [0.5, 0.6) is 5.75 Å². The van der Waals surface area contributed by atoms with Gasteiger partial charge in [0.1, 0.15) is 11.8 Å².